The van der Waals surface area contributed by atoms with Gasteiger partial charge >= 0.3 is 0 Å². The topological polar surface area (TPSA) is 29.5 Å². The Kier molecular flexibility index (Phi) is 5.99. The summed E-state index contributed by atoms with van der Waals surface area (Å²) < 4.78 is 4.84. The molecule has 0 radical (unpaired) electrons. The van der Waals surface area contributed by atoms with E-state index in [9.17, 15) is 0 Å². The number of hydrogen-bond acceptors (Lipinski definition) is 2. The van der Waals surface area contributed by atoms with Gasteiger partial charge in [0.05, 0.1) is 6.10 Å². The Labute approximate surface area is 56.8 Å². The first-order valence-electron chi connectivity index (χ1n) is 3.44. The van der Waals surface area contributed by atoms with Gasteiger partial charge in [0.25, 0.3) is 0 Å². The van der Waals surface area contributed by atoms with Crippen molar-refractivity contribution in [3.63, 3.8) is 0 Å². The smallest absolute Gasteiger partial charge is 0.0512 e. The van der Waals surface area contributed by atoms with Crippen LogP contribution in [0.2, 0.25) is 0 Å². The van der Waals surface area contributed by atoms with Crippen molar-refractivity contribution in [2.24, 2.45) is 0 Å². The van der Waals surface area contributed by atoms with Crippen LogP contribution >= 0.6 is 0 Å². The molecule has 0 bridgehead atoms. The van der Waals surface area contributed by atoms with Crippen LogP contribution in [0.5, 0.6) is 0 Å². The summed E-state index contributed by atoms with van der Waals surface area (Å²) in [6.45, 7) is 2.62. The van der Waals surface area contributed by atoms with Crippen molar-refractivity contribution in [2.75, 3.05) is 13.7 Å². The Morgan fingerprint density at radius 3 is 2.56 bits per heavy atom. The normalized spacial score (nSPS) is 13.7. The molecule has 0 rings (SSSR count). The van der Waals surface area contributed by atoms with E-state index in [1.807, 2.05) is 6.92 Å². The Balaban J connectivity index is 2.75. The minimum absolute atomic E-state index is 0.151. The van der Waals surface area contributed by atoms with Gasteiger partial charge in [-0.1, -0.05) is 0 Å². The predicted molar refractivity (Wildman–Crippen MR) is 37.4 cm³/mol. The van der Waals surface area contributed by atoms with Crippen molar-refractivity contribution >= 4 is 0 Å². The molecule has 56 valence electrons. The Bertz CT molecular complexity index is 52.9. The molecule has 2 nitrogen and oxygen atoms in total. The van der Waals surface area contributed by atoms with E-state index in [2.05, 4.69) is 0 Å². The largest absolute Gasteiger partial charge is 0.393 e. The summed E-state index contributed by atoms with van der Waals surface area (Å²) in [5.74, 6) is 0. The van der Waals surface area contributed by atoms with E-state index in [1.165, 1.54) is 0 Å². The molecular formula is C7H16O2. The summed E-state index contributed by atoms with van der Waals surface area (Å²) in [5, 5.41) is 8.81. The van der Waals surface area contributed by atoms with Gasteiger partial charge in [-0.2, -0.15) is 0 Å². The molecule has 1 N–H and O–H groups in total. The zero-order valence-corrected chi connectivity index (χ0v) is 6.26. The van der Waals surface area contributed by atoms with Crippen LogP contribution in [0.4, 0.5) is 0 Å². The molecule has 0 saturated carbocycles. The highest BCUT2D eigenvalue weighted by Gasteiger charge is 1.93. The molecule has 0 aliphatic carbocycles. The van der Waals surface area contributed by atoms with Crippen LogP contribution in [0.3, 0.4) is 0 Å². The van der Waals surface area contributed by atoms with Crippen molar-refractivity contribution in [2.45, 2.75) is 32.3 Å². The summed E-state index contributed by atoms with van der Waals surface area (Å²) in [6, 6.07) is 0. The quantitative estimate of drug-likeness (QED) is 0.569. The molecule has 0 aromatic rings. The maximum absolute atomic E-state index is 8.81. The molecule has 9 heavy (non-hydrogen) atoms. The van der Waals surface area contributed by atoms with Gasteiger partial charge in [0.1, 0.15) is 0 Å². The summed E-state index contributed by atoms with van der Waals surface area (Å²) in [7, 11) is 1.70. The summed E-state index contributed by atoms with van der Waals surface area (Å²) in [6.07, 6.45) is 2.86. The van der Waals surface area contributed by atoms with E-state index in [0.29, 0.717) is 0 Å². The lowest BCUT2D eigenvalue weighted by Gasteiger charge is -2.01. The van der Waals surface area contributed by atoms with Crippen molar-refractivity contribution in [3.8, 4) is 0 Å². The number of rotatable bonds is 5. The fraction of sp³-hybridized carbons (Fsp3) is 1.00. The maximum atomic E-state index is 8.81. The SMILES string of the molecule is COCCCCC(C)O. The van der Waals surface area contributed by atoms with Gasteiger partial charge in [-0.3, -0.25) is 0 Å². The molecule has 1 atom stereocenters. The van der Waals surface area contributed by atoms with Gasteiger partial charge in [0.2, 0.25) is 0 Å². The van der Waals surface area contributed by atoms with Crippen LogP contribution in [0, 0.1) is 0 Å². The van der Waals surface area contributed by atoms with Crippen molar-refractivity contribution in [1.29, 1.82) is 0 Å². The second-order valence-electron chi connectivity index (χ2n) is 2.34. The van der Waals surface area contributed by atoms with Gasteiger partial charge in [-0.25, -0.2) is 0 Å². The van der Waals surface area contributed by atoms with E-state index in [1.54, 1.807) is 7.11 Å². The lowest BCUT2D eigenvalue weighted by Crippen LogP contribution is -1.99. The molecule has 2 heteroatoms. The molecule has 0 aromatic carbocycles. The lowest BCUT2D eigenvalue weighted by atomic mass is 10.2. The third-order valence-corrected chi connectivity index (χ3v) is 1.22. The molecule has 0 spiro atoms. The Hall–Kier alpha value is -0.0800. The molecular weight excluding hydrogens is 116 g/mol. The number of aliphatic hydroxyl groups excluding tert-OH is 1. The van der Waals surface area contributed by atoms with Gasteiger partial charge in [-0.15, -0.1) is 0 Å². The molecule has 0 aromatic heterocycles. The second kappa shape index (κ2) is 6.05. The standard InChI is InChI=1S/C7H16O2/c1-7(8)5-3-4-6-9-2/h7-8H,3-6H2,1-2H3. The van der Waals surface area contributed by atoms with Crippen LogP contribution in [0.1, 0.15) is 26.2 Å². The summed E-state index contributed by atoms with van der Waals surface area (Å²) >= 11 is 0. The minimum atomic E-state index is -0.151. The first-order chi connectivity index (χ1) is 4.27. The highest BCUT2D eigenvalue weighted by atomic mass is 16.5. The van der Waals surface area contributed by atoms with E-state index in [4.69, 9.17) is 9.84 Å². The Morgan fingerprint density at radius 2 is 2.11 bits per heavy atom. The van der Waals surface area contributed by atoms with E-state index in [0.717, 1.165) is 25.9 Å². The molecule has 0 amide bonds. The average Bonchev–Trinajstić information content (AvgIpc) is 1.80. The number of hydrogen-bond donors (Lipinski definition) is 1. The number of ether oxygens (including phenoxy) is 1. The van der Waals surface area contributed by atoms with Crippen molar-refractivity contribution < 1.29 is 9.84 Å². The van der Waals surface area contributed by atoms with Gasteiger partial charge in [0, 0.05) is 13.7 Å². The lowest BCUT2D eigenvalue weighted by molar-refractivity contribution is 0.162. The molecule has 0 saturated heterocycles. The Morgan fingerprint density at radius 1 is 1.44 bits per heavy atom. The van der Waals surface area contributed by atoms with Gasteiger partial charge in [-0.05, 0) is 26.2 Å². The predicted octanol–water partition coefficient (Wildman–Crippen LogP) is 1.18. The molecule has 0 heterocycles. The van der Waals surface area contributed by atoms with Crippen LogP contribution < -0.4 is 0 Å². The third kappa shape index (κ3) is 7.92. The van der Waals surface area contributed by atoms with Gasteiger partial charge in [0.15, 0.2) is 0 Å². The molecule has 0 fully saturated rings. The van der Waals surface area contributed by atoms with Crippen LogP contribution in [0.15, 0.2) is 0 Å². The first-order valence-corrected chi connectivity index (χ1v) is 3.44. The molecule has 1 unspecified atom stereocenters. The van der Waals surface area contributed by atoms with E-state index < -0.39 is 0 Å². The van der Waals surface area contributed by atoms with Crippen molar-refractivity contribution in [1.82, 2.24) is 0 Å². The highest BCUT2D eigenvalue weighted by molar-refractivity contribution is 4.46. The number of aliphatic hydroxyl groups is 1. The monoisotopic (exact) mass is 132 g/mol. The second-order valence-corrected chi connectivity index (χ2v) is 2.34. The summed E-state index contributed by atoms with van der Waals surface area (Å²) in [4.78, 5) is 0. The zero-order valence-electron chi connectivity index (χ0n) is 6.26. The minimum Gasteiger partial charge on any atom is -0.393 e. The third-order valence-electron chi connectivity index (χ3n) is 1.22. The fourth-order valence-electron chi connectivity index (χ4n) is 0.686. The maximum Gasteiger partial charge on any atom is 0.0512 e. The molecule has 0 aliphatic rings. The van der Waals surface area contributed by atoms with Crippen LogP contribution in [0.25, 0.3) is 0 Å². The van der Waals surface area contributed by atoms with E-state index in [-0.39, 0.29) is 6.10 Å². The average molecular weight is 132 g/mol. The molecule has 0 aliphatic heterocycles. The van der Waals surface area contributed by atoms with Crippen molar-refractivity contribution in [3.05, 3.63) is 0 Å². The fourth-order valence-corrected chi connectivity index (χ4v) is 0.686. The van der Waals surface area contributed by atoms with E-state index >= 15 is 0 Å². The van der Waals surface area contributed by atoms with Crippen LogP contribution in [-0.2, 0) is 4.74 Å². The first kappa shape index (κ1) is 8.92. The summed E-state index contributed by atoms with van der Waals surface area (Å²) in [5.41, 5.74) is 0. The van der Waals surface area contributed by atoms with Gasteiger partial charge < -0.3 is 9.84 Å². The number of unbranched alkanes of at least 4 members (excludes halogenated alkanes) is 1. The zero-order chi connectivity index (χ0) is 7.11. The number of methoxy groups -OCH3 is 1. The van der Waals surface area contributed by atoms with Crippen LogP contribution in [-0.4, -0.2) is 24.9 Å². The highest BCUT2D eigenvalue weighted by Crippen LogP contribution is 1.98.